The Kier molecular flexibility index (Phi) is 19.5. The number of rotatable bonds is 11. The monoisotopic (exact) mass is 339 g/mol. The van der Waals surface area contributed by atoms with Gasteiger partial charge in [-0.05, 0) is 18.6 Å². The number of hydrogen-bond acceptors (Lipinski definition) is 3. The Morgan fingerprint density at radius 2 is 1.23 bits per heavy atom. The maximum atomic E-state index is 10.3. The van der Waals surface area contributed by atoms with Crippen LogP contribution in [0.1, 0.15) is 71.1 Å². The second-order valence-corrected chi connectivity index (χ2v) is 6.85. The molecule has 1 rings (SSSR count). The number of hydrogen-bond donors (Lipinski definition) is 1. The molecule has 1 N–H and O–H groups in total. The van der Waals surface area contributed by atoms with Gasteiger partial charge in [-0.3, -0.25) is 0 Å². The third-order valence-electron chi connectivity index (χ3n) is 3.24. The first-order valence-corrected chi connectivity index (χ1v) is 9.65. The molecule has 1 aromatic rings. The molecule has 1 aromatic heterocycles. The van der Waals surface area contributed by atoms with E-state index in [0.29, 0.717) is 6.42 Å². The van der Waals surface area contributed by atoms with Crippen molar-refractivity contribution in [1.82, 2.24) is 4.98 Å². The van der Waals surface area contributed by atoms with Crippen LogP contribution < -0.4 is 29.6 Å². The van der Waals surface area contributed by atoms with Crippen molar-refractivity contribution in [2.75, 3.05) is 5.75 Å². The molecular formula is C16H30NNaO3S. The van der Waals surface area contributed by atoms with E-state index >= 15 is 0 Å². The molecule has 0 atom stereocenters. The summed E-state index contributed by atoms with van der Waals surface area (Å²) in [4.78, 5) is 2.86. The van der Waals surface area contributed by atoms with E-state index in [1.807, 2.05) is 24.5 Å². The largest absolute Gasteiger partial charge is 1.00 e. The average molecular weight is 339 g/mol. The molecule has 0 saturated carbocycles. The van der Waals surface area contributed by atoms with E-state index < -0.39 is 10.1 Å². The van der Waals surface area contributed by atoms with Crippen molar-refractivity contribution in [3.8, 4) is 0 Å². The SMILES string of the molecule is CCCCCCCCCCCCS(=O)(=O)[O-].[Na+].c1cc[nH]c1. The number of unbranched alkanes of at least 4 members (excludes halogenated alkanes) is 9. The van der Waals surface area contributed by atoms with Crippen LogP contribution in [0.15, 0.2) is 24.5 Å². The number of aromatic nitrogens is 1. The summed E-state index contributed by atoms with van der Waals surface area (Å²) in [5, 5.41) is 0. The Morgan fingerprint density at radius 1 is 0.818 bits per heavy atom. The Bertz CT molecular complexity index is 376. The van der Waals surface area contributed by atoms with Gasteiger partial charge >= 0.3 is 29.6 Å². The fraction of sp³-hybridized carbons (Fsp3) is 0.750. The van der Waals surface area contributed by atoms with Gasteiger partial charge in [0.05, 0.1) is 10.1 Å². The minimum atomic E-state index is -3.98. The molecule has 0 fully saturated rings. The van der Waals surface area contributed by atoms with Gasteiger partial charge in [0.25, 0.3) is 0 Å². The first-order chi connectivity index (χ1) is 10.1. The minimum absolute atomic E-state index is 0. The van der Waals surface area contributed by atoms with Gasteiger partial charge in [0.1, 0.15) is 0 Å². The molecule has 0 aliphatic carbocycles. The molecule has 0 aromatic carbocycles. The van der Waals surface area contributed by atoms with E-state index in [4.69, 9.17) is 0 Å². The number of nitrogens with one attached hydrogen (secondary N) is 1. The summed E-state index contributed by atoms with van der Waals surface area (Å²) < 4.78 is 30.9. The van der Waals surface area contributed by atoms with Crippen LogP contribution in [0, 0.1) is 0 Å². The van der Waals surface area contributed by atoms with E-state index in [-0.39, 0.29) is 35.3 Å². The van der Waals surface area contributed by atoms with Crippen LogP contribution in [0.4, 0.5) is 0 Å². The molecule has 124 valence electrons. The summed E-state index contributed by atoms with van der Waals surface area (Å²) in [6.45, 7) is 2.21. The second-order valence-electron chi connectivity index (χ2n) is 5.33. The molecule has 0 aliphatic heterocycles. The fourth-order valence-electron chi connectivity index (χ4n) is 2.04. The first kappa shape index (κ1) is 24.4. The normalized spacial score (nSPS) is 10.5. The summed E-state index contributed by atoms with van der Waals surface area (Å²) in [6, 6.07) is 3.89. The zero-order valence-corrected chi connectivity index (χ0v) is 17.0. The van der Waals surface area contributed by atoms with Crippen LogP contribution in [0.3, 0.4) is 0 Å². The molecular weight excluding hydrogens is 309 g/mol. The number of H-pyrrole nitrogens is 1. The topological polar surface area (TPSA) is 73.0 Å². The van der Waals surface area contributed by atoms with Crippen LogP contribution in [-0.4, -0.2) is 23.7 Å². The van der Waals surface area contributed by atoms with Gasteiger partial charge < -0.3 is 9.54 Å². The molecule has 0 spiro atoms. The molecule has 4 nitrogen and oxygen atoms in total. The summed E-state index contributed by atoms with van der Waals surface area (Å²) in [5.74, 6) is -0.191. The summed E-state index contributed by atoms with van der Waals surface area (Å²) in [6.07, 6.45) is 15.2. The van der Waals surface area contributed by atoms with Crippen LogP contribution >= 0.6 is 0 Å². The molecule has 6 heteroatoms. The molecule has 22 heavy (non-hydrogen) atoms. The Balaban J connectivity index is 0. The smallest absolute Gasteiger partial charge is 0.748 e. The molecule has 0 bridgehead atoms. The number of aromatic amines is 1. The van der Waals surface area contributed by atoms with E-state index in [0.717, 1.165) is 12.8 Å². The third kappa shape index (κ3) is 22.5. The first-order valence-electron chi connectivity index (χ1n) is 8.07. The van der Waals surface area contributed by atoms with Gasteiger partial charge in [-0.1, -0.05) is 64.7 Å². The van der Waals surface area contributed by atoms with Crippen molar-refractivity contribution >= 4 is 10.1 Å². The van der Waals surface area contributed by atoms with Gasteiger partial charge in [-0.25, -0.2) is 8.42 Å². The summed E-state index contributed by atoms with van der Waals surface area (Å²) in [7, 11) is -3.98. The van der Waals surface area contributed by atoms with Crippen molar-refractivity contribution < 1.29 is 42.5 Å². The Hall–Kier alpha value is 0.190. The molecule has 0 unspecified atom stereocenters. The van der Waals surface area contributed by atoms with Gasteiger partial charge in [0.15, 0.2) is 0 Å². The van der Waals surface area contributed by atoms with Crippen LogP contribution in [0.5, 0.6) is 0 Å². The van der Waals surface area contributed by atoms with E-state index in [9.17, 15) is 13.0 Å². The van der Waals surface area contributed by atoms with Crippen molar-refractivity contribution in [2.45, 2.75) is 71.1 Å². The van der Waals surface area contributed by atoms with Crippen LogP contribution in [0.25, 0.3) is 0 Å². The molecule has 1 heterocycles. The minimum Gasteiger partial charge on any atom is -0.748 e. The molecule has 0 radical (unpaired) electrons. The van der Waals surface area contributed by atoms with Gasteiger partial charge in [0, 0.05) is 18.1 Å². The van der Waals surface area contributed by atoms with Crippen molar-refractivity contribution in [1.29, 1.82) is 0 Å². The van der Waals surface area contributed by atoms with Crippen molar-refractivity contribution in [2.24, 2.45) is 0 Å². The van der Waals surface area contributed by atoms with Crippen LogP contribution in [-0.2, 0) is 10.1 Å². The van der Waals surface area contributed by atoms with E-state index in [2.05, 4.69) is 11.9 Å². The van der Waals surface area contributed by atoms with Gasteiger partial charge in [-0.15, -0.1) is 0 Å². The molecule has 0 amide bonds. The Morgan fingerprint density at radius 3 is 1.55 bits per heavy atom. The zero-order valence-electron chi connectivity index (χ0n) is 14.2. The molecule has 0 aliphatic rings. The van der Waals surface area contributed by atoms with E-state index in [1.165, 1.54) is 44.9 Å². The summed E-state index contributed by atoms with van der Waals surface area (Å²) in [5.41, 5.74) is 0. The Labute approximate surface area is 158 Å². The fourth-order valence-corrected chi connectivity index (χ4v) is 2.60. The quantitative estimate of drug-likeness (QED) is 0.377. The summed E-state index contributed by atoms with van der Waals surface area (Å²) >= 11 is 0. The standard InChI is InChI=1S/C12H26O3S.C4H5N.Na/c1-2-3-4-5-6-7-8-9-10-11-12-16(13,14)15;1-2-4-5-3-1;/h2-12H2,1H3,(H,13,14,15);1-5H;/q;;+1/p-1. The van der Waals surface area contributed by atoms with Gasteiger partial charge in [-0.2, -0.15) is 0 Å². The van der Waals surface area contributed by atoms with Crippen molar-refractivity contribution in [3.05, 3.63) is 24.5 Å². The maximum Gasteiger partial charge on any atom is 1.00 e. The predicted molar refractivity (Wildman–Crippen MR) is 87.2 cm³/mol. The van der Waals surface area contributed by atoms with Crippen molar-refractivity contribution in [3.63, 3.8) is 0 Å². The predicted octanol–water partition coefficient (Wildman–Crippen LogP) is 1.47. The zero-order chi connectivity index (χ0) is 15.8. The van der Waals surface area contributed by atoms with Crippen LogP contribution in [0.2, 0.25) is 0 Å². The van der Waals surface area contributed by atoms with Gasteiger partial charge in [0.2, 0.25) is 0 Å². The third-order valence-corrected chi connectivity index (χ3v) is 4.03. The second kappa shape index (κ2) is 17.5. The maximum absolute atomic E-state index is 10.3. The van der Waals surface area contributed by atoms with E-state index in [1.54, 1.807) is 0 Å². The average Bonchev–Trinajstić information content (AvgIpc) is 2.99. The molecule has 0 saturated heterocycles.